The summed E-state index contributed by atoms with van der Waals surface area (Å²) in [5.41, 5.74) is 2.17. The van der Waals surface area contributed by atoms with E-state index in [0.29, 0.717) is 6.54 Å². The van der Waals surface area contributed by atoms with Crippen molar-refractivity contribution in [3.8, 4) is 0 Å². The predicted molar refractivity (Wildman–Crippen MR) is 130 cm³/mol. The Kier molecular flexibility index (Phi) is 6.10. The second-order valence-electron chi connectivity index (χ2n) is 8.53. The molecule has 1 aliphatic heterocycles. The summed E-state index contributed by atoms with van der Waals surface area (Å²) in [7, 11) is 0. The Morgan fingerprint density at radius 1 is 1.15 bits per heavy atom. The van der Waals surface area contributed by atoms with Crippen molar-refractivity contribution in [2.45, 2.75) is 31.3 Å². The van der Waals surface area contributed by atoms with Crippen molar-refractivity contribution in [1.82, 2.24) is 9.80 Å². The van der Waals surface area contributed by atoms with Crippen LogP contribution >= 0.6 is 22.9 Å². The molecule has 0 spiro atoms. The minimum Gasteiger partial charge on any atom is -0.330 e. The smallest absolute Gasteiger partial charge is 0.270 e. The molecule has 0 saturated heterocycles. The minimum atomic E-state index is -0.554. The average molecular weight is 496 g/mol. The Balaban J connectivity index is 1.41. The quantitative estimate of drug-likeness (QED) is 0.352. The Bertz CT molecular complexity index is 1260. The van der Waals surface area contributed by atoms with Crippen LogP contribution in [-0.4, -0.2) is 45.7 Å². The predicted octanol–water partition coefficient (Wildman–Crippen LogP) is 5.09. The van der Waals surface area contributed by atoms with Crippen molar-refractivity contribution in [2.24, 2.45) is 0 Å². The number of rotatable bonds is 6. The molecule has 2 aliphatic rings. The zero-order chi connectivity index (χ0) is 23.8. The zero-order valence-electron chi connectivity index (χ0n) is 18.2. The number of amides is 2. The lowest BCUT2D eigenvalue weighted by Gasteiger charge is -2.37. The van der Waals surface area contributed by atoms with E-state index < -0.39 is 4.92 Å². The fourth-order valence-corrected chi connectivity index (χ4v) is 5.67. The highest BCUT2D eigenvalue weighted by Crippen LogP contribution is 2.38. The van der Waals surface area contributed by atoms with Crippen molar-refractivity contribution >= 4 is 40.4 Å². The molecule has 2 aromatic carbocycles. The van der Waals surface area contributed by atoms with E-state index in [1.54, 1.807) is 16.2 Å². The number of fused-ring (bicyclic) bond motifs is 1. The molecule has 0 N–H and O–H groups in total. The maximum atomic E-state index is 13.6. The SMILES string of the molecule is O=C(c1ccc([N+](=O)[O-])cc1Cl)N(CC(=O)N1CCc2sccc2C1c1ccccc1)C1CC1. The van der Waals surface area contributed by atoms with Gasteiger partial charge in [-0.05, 0) is 47.9 Å². The van der Waals surface area contributed by atoms with Gasteiger partial charge in [0.25, 0.3) is 11.6 Å². The molecule has 1 unspecified atom stereocenters. The van der Waals surface area contributed by atoms with Crippen LogP contribution < -0.4 is 0 Å². The minimum absolute atomic E-state index is 0.0142. The van der Waals surface area contributed by atoms with Gasteiger partial charge < -0.3 is 9.80 Å². The lowest BCUT2D eigenvalue weighted by atomic mass is 9.93. The summed E-state index contributed by atoms with van der Waals surface area (Å²) in [6, 6.07) is 15.6. The first-order chi connectivity index (χ1) is 16.4. The van der Waals surface area contributed by atoms with Crippen LogP contribution in [0.25, 0.3) is 0 Å². The average Bonchev–Trinajstić information content (AvgIpc) is 3.57. The first-order valence-electron chi connectivity index (χ1n) is 11.1. The molecule has 174 valence electrons. The largest absolute Gasteiger partial charge is 0.330 e. The van der Waals surface area contributed by atoms with Gasteiger partial charge in [-0.2, -0.15) is 0 Å². The lowest BCUT2D eigenvalue weighted by Crippen LogP contribution is -2.47. The van der Waals surface area contributed by atoms with Gasteiger partial charge in [0.1, 0.15) is 6.54 Å². The molecule has 1 aromatic heterocycles. The number of nitrogens with zero attached hydrogens (tertiary/aromatic N) is 3. The third kappa shape index (κ3) is 4.31. The fourth-order valence-electron chi connectivity index (χ4n) is 4.52. The van der Waals surface area contributed by atoms with E-state index in [-0.39, 0.29) is 46.7 Å². The maximum Gasteiger partial charge on any atom is 0.270 e. The van der Waals surface area contributed by atoms with E-state index in [9.17, 15) is 19.7 Å². The molecule has 2 heterocycles. The number of carbonyl (C=O) groups excluding carboxylic acids is 2. The van der Waals surface area contributed by atoms with Gasteiger partial charge in [0.05, 0.1) is 21.6 Å². The van der Waals surface area contributed by atoms with Crippen molar-refractivity contribution in [3.63, 3.8) is 0 Å². The van der Waals surface area contributed by atoms with Crippen LogP contribution in [0.2, 0.25) is 5.02 Å². The molecule has 0 radical (unpaired) electrons. The number of benzene rings is 2. The molecule has 7 nitrogen and oxygen atoms in total. The van der Waals surface area contributed by atoms with Crippen LogP contribution in [0.3, 0.4) is 0 Å². The fraction of sp³-hybridized carbons (Fsp3) is 0.280. The van der Waals surface area contributed by atoms with Crippen molar-refractivity contribution in [2.75, 3.05) is 13.1 Å². The van der Waals surface area contributed by atoms with Crippen LogP contribution in [0.5, 0.6) is 0 Å². The van der Waals surface area contributed by atoms with E-state index >= 15 is 0 Å². The normalized spacial score (nSPS) is 17.2. The van der Waals surface area contributed by atoms with E-state index in [0.717, 1.165) is 30.4 Å². The van der Waals surface area contributed by atoms with Crippen LogP contribution in [0, 0.1) is 10.1 Å². The van der Waals surface area contributed by atoms with Gasteiger partial charge in [-0.1, -0.05) is 41.9 Å². The second kappa shape index (κ2) is 9.19. The van der Waals surface area contributed by atoms with Crippen LogP contribution in [0.15, 0.2) is 60.0 Å². The van der Waals surface area contributed by atoms with Gasteiger partial charge in [0.2, 0.25) is 5.91 Å². The summed E-state index contributed by atoms with van der Waals surface area (Å²) in [6.07, 6.45) is 2.43. The van der Waals surface area contributed by atoms with Crippen LogP contribution in [0.1, 0.15) is 45.2 Å². The van der Waals surface area contributed by atoms with E-state index in [2.05, 4.69) is 11.4 Å². The molecule has 9 heteroatoms. The Hall–Kier alpha value is -3.23. The summed E-state index contributed by atoms with van der Waals surface area (Å²) < 4.78 is 0. The molecular weight excluding hydrogens is 474 g/mol. The second-order valence-corrected chi connectivity index (χ2v) is 9.94. The third-order valence-electron chi connectivity index (χ3n) is 6.35. The highest BCUT2D eigenvalue weighted by molar-refractivity contribution is 7.10. The number of nitro groups is 1. The first-order valence-corrected chi connectivity index (χ1v) is 12.4. The Morgan fingerprint density at radius 2 is 1.91 bits per heavy atom. The number of non-ortho nitro benzene ring substituents is 1. The number of carbonyl (C=O) groups is 2. The molecule has 34 heavy (non-hydrogen) atoms. The molecule has 0 bridgehead atoms. The van der Waals surface area contributed by atoms with Gasteiger partial charge >= 0.3 is 0 Å². The van der Waals surface area contributed by atoms with E-state index in [4.69, 9.17) is 11.6 Å². The van der Waals surface area contributed by atoms with Gasteiger partial charge in [-0.3, -0.25) is 19.7 Å². The standard InChI is InChI=1S/C25H22ClN3O4S/c26-21-14-18(29(32)33)8-9-19(21)25(31)28(17-6-7-17)15-23(30)27-12-10-22-20(11-13-34-22)24(27)16-4-2-1-3-5-16/h1-5,8-9,11,13-14,17,24H,6-7,10,12,15H2. The van der Waals surface area contributed by atoms with Gasteiger partial charge in [-0.25, -0.2) is 0 Å². The Morgan fingerprint density at radius 3 is 2.59 bits per heavy atom. The highest BCUT2D eigenvalue weighted by atomic mass is 35.5. The lowest BCUT2D eigenvalue weighted by molar-refractivity contribution is -0.384. The molecule has 1 fully saturated rings. The molecular formula is C25H22ClN3O4S. The number of hydrogen-bond acceptors (Lipinski definition) is 5. The topological polar surface area (TPSA) is 83.8 Å². The highest BCUT2D eigenvalue weighted by Gasteiger charge is 2.39. The van der Waals surface area contributed by atoms with Gasteiger partial charge in [0, 0.05) is 29.6 Å². The molecule has 1 saturated carbocycles. The van der Waals surface area contributed by atoms with Crippen LogP contribution in [0.4, 0.5) is 5.69 Å². The maximum absolute atomic E-state index is 13.6. The molecule has 2 amide bonds. The molecule has 3 aromatic rings. The first kappa shape index (κ1) is 22.6. The van der Waals surface area contributed by atoms with Gasteiger partial charge in [0.15, 0.2) is 0 Å². The third-order valence-corrected chi connectivity index (χ3v) is 7.66. The molecule has 5 rings (SSSR count). The summed E-state index contributed by atoms with van der Waals surface area (Å²) in [4.78, 5) is 42.2. The molecule has 1 aliphatic carbocycles. The van der Waals surface area contributed by atoms with Crippen LogP contribution in [-0.2, 0) is 11.2 Å². The number of hydrogen-bond donors (Lipinski definition) is 0. The zero-order valence-corrected chi connectivity index (χ0v) is 19.8. The van der Waals surface area contributed by atoms with Crippen molar-refractivity contribution < 1.29 is 14.5 Å². The van der Waals surface area contributed by atoms with E-state index in [1.807, 2.05) is 35.2 Å². The molecule has 1 atom stereocenters. The summed E-state index contributed by atoms with van der Waals surface area (Å²) in [5, 5.41) is 13.1. The number of nitro benzene ring substituents is 1. The van der Waals surface area contributed by atoms with E-state index in [1.165, 1.54) is 23.1 Å². The number of halogens is 1. The summed E-state index contributed by atoms with van der Waals surface area (Å²) in [5.74, 6) is -0.496. The number of thiophene rings is 1. The summed E-state index contributed by atoms with van der Waals surface area (Å²) in [6.45, 7) is 0.524. The Labute approximate surface area is 205 Å². The van der Waals surface area contributed by atoms with Crippen molar-refractivity contribution in [3.05, 3.63) is 96.7 Å². The van der Waals surface area contributed by atoms with Gasteiger partial charge in [-0.15, -0.1) is 11.3 Å². The van der Waals surface area contributed by atoms with Crippen molar-refractivity contribution in [1.29, 1.82) is 0 Å². The summed E-state index contributed by atoms with van der Waals surface area (Å²) >= 11 is 7.93. The monoisotopic (exact) mass is 495 g/mol.